The first kappa shape index (κ1) is 9.76. The molecule has 0 amide bonds. The van der Waals surface area contributed by atoms with Crippen LogP contribution in [0.15, 0.2) is 16.0 Å². The lowest BCUT2D eigenvalue weighted by Crippen LogP contribution is -1.69. The molecule has 0 unspecified atom stereocenters. The summed E-state index contributed by atoms with van der Waals surface area (Å²) >= 11 is 1.69. The Labute approximate surface area is 67.6 Å². The summed E-state index contributed by atoms with van der Waals surface area (Å²) in [4.78, 5) is 5.22. The molecule has 0 N–H and O–H groups in total. The average molecular weight is 157 g/mol. The minimum absolute atomic E-state index is 1.18. The van der Waals surface area contributed by atoms with Gasteiger partial charge >= 0.3 is 0 Å². The summed E-state index contributed by atoms with van der Waals surface area (Å²) in [6, 6.07) is 0. The number of allylic oxidation sites excluding steroid dienone is 2. The van der Waals surface area contributed by atoms with Crippen LogP contribution in [0.5, 0.6) is 0 Å². The molecule has 2 heteroatoms. The fraction of sp³-hybridized carbons (Fsp3) is 0.625. The first-order chi connectivity index (χ1) is 4.81. The first-order valence-electron chi connectivity index (χ1n) is 3.55. The Morgan fingerprint density at radius 2 is 2.30 bits per heavy atom. The summed E-state index contributed by atoms with van der Waals surface area (Å²) in [7, 11) is 1.79. The molecule has 0 radical (unpaired) electrons. The maximum atomic E-state index is 3.88. The van der Waals surface area contributed by atoms with Crippen molar-refractivity contribution in [3.63, 3.8) is 0 Å². The van der Waals surface area contributed by atoms with Crippen molar-refractivity contribution in [3.05, 3.63) is 11.0 Å². The fourth-order valence-corrected chi connectivity index (χ4v) is 1.02. The Bertz CT molecular complexity index is 127. The number of nitrogens with zero attached hydrogens (tertiary/aromatic N) is 1. The van der Waals surface area contributed by atoms with Crippen LogP contribution in [0.3, 0.4) is 0 Å². The standard InChI is InChI=1S/C8H15NS/c1-4-5-6-8(2)10-7-9-3/h6-7H,4-5H2,1-3H3/b8-6+,9-7?. The number of hydrogen-bond acceptors (Lipinski definition) is 2. The maximum absolute atomic E-state index is 3.88. The number of rotatable bonds is 4. The number of thioether (sulfide) groups is 1. The lowest BCUT2D eigenvalue weighted by atomic mass is 10.3. The van der Waals surface area contributed by atoms with Crippen molar-refractivity contribution in [1.29, 1.82) is 0 Å². The van der Waals surface area contributed by atoms with Gasteiger partial charge in [-0.1, -0.05) is 31.2 Å². The van der Waals surface area contributed by atoms with E-state index in [1.807, 2.05) is 5.55 Å². The zero-order chi connectivity index (χ0) is 7.82. The van der Waals surface area contributed by atoms with Crippen LogP contribution in [0.1, 0.15) is 26.7 Å². The zero-order valence-corrected chi connectivity index (χ0v) is 7.74. The lowest BCUT2D eigenvalue weighted by Gasteiger charge is -1.92. The van der Waals surface area contributed by atoms with Crippen LogP contribution >= 0.6 is 11.8 Å². The second-order valence-corrected chi connectivity index (χ2v) is 3.18. The highest BCUT2D eigenvalue weighted by Gasteiger charge is 1.83. The highest BCUT2D eigenvalue weighted by atomic mass is 32.2. The fourth-order valence-electron chi connectivity index (χ4n) is 0.532. The van der Waals surface area contributed by atoms with E-state index >= 15 is 0 Å². The summed E-state index contributed by atoms with van der Waals surface area (Å²) in [5.74, 6) is 0. The van der Waals surface area contributed by atoms with Crippen LogP contribution in [0.25, 0.3) is 0 Å². The van der Waals surface area contributed by atoms with E-state index in [0.717, 1.165) is 0 Å². The summed E-state index contributed by atoms with van der Waals surface area (Å²) in [6.45, 7) is 4.30. The molecule has 10 heavy (non-hydrogen) atoms. The van der Waals surface area contributed by atoms with E-state index in [9.17, 15) is 0 Å². The highest BCUT2D eigenvalue weighted by molar-refractivity contribution is 8.15. The number of aliphatic imine (C=N–C) groups is 1. The quantitative estimate of drug-likeness (QED) is 0.451. The lowest BCUT2D eigenvalue weighted by molar-refractivity contribution is 0.955. The predicted molar refractivity (Wildman–Crippen MR) is 50.7 cm³/mol. The molecule has 58 valence electrons. The maximum Gasteiger partial charge on any atom is 0.0582 e. The van der Waals surface area contributed by atoms with Gasteiger partial charge < -0.3 is 0 Å². The summed E-state index contributed by atoms with van der Waals surface area (Å²) in [5, 5.41) is 0. The van der Waals surface area contributed by atoms with E-state index < -0.39 is 0 Å². The van der Waals surface area contributed by atoms with Gasteiger partial charge in [0.15, 0.2) is 0 Å². The molecular formula is C8H15NS. The van der Waals surface area contributed by atoms with Gasteiger partial charge in [0.05, 0.1) is 5.55 Å². The molecule has 0 aliphatic carbocycles. The van der Waals surface area contributed by atoms with E-state index in [4.69, 9.17) is 0 Å². The molecule has 0 bridgehead atoms. The smallest absolute Gasteiger partial charge is 0.0582 e. The molecule has 0 aromatic rings. The Morgan fingerprint density at radius 1 is 1.60 bits per heavy atom. The summed E-state index contributed by atoms with van der Waals surface area (Å²) in [6.07, 6.45) is 4.64. The van der Waals surface area contributed by atoms with E-state index in [1.54, 1.807) is 18.8 Å². The van der Waals surface area contributed by atoms with E-state index in [-0.39, 0.29) is 0 Å². The second-order valence-electron chi connectivity index (χ2n) is 2.08. The molecule has 0 aliphatic heterocycles. The van der Waals surface area contributed by atoms with Crippen molar-refractivity contribution in [2.45, 2.75) is 26.7 Å². The normalized spacial score (nSPS) is 12.9. The molecule has 0 aromatic carbocycles. The third-order valence-corrected chi connectivity index (χ3v) is 1.92. The van der Waals surface area contributed by atoms with Crippen molar-refractivity contribution < 1.29 is 0 Å². The largest absolute Gasteiger partial charge is 0.289 e. The van der Waals surface area contributed by atoms with Gasteiger partial charge in [0.2, 0.25) is 0 Å². The van der Waals surface area contributed by atoms with Gasteiger partial charge in [-0.25, -0.2) is 0 Å². The van der Waals surface area contributed by atoms with Crippen molar-refractivity contribution in [2.24, 2.45) is 4.99 Å². The zero-order valence-electron chi connectivity index (χ0n) is 6.92. The highest BCUT2D eigenvalue weighted by Crippen LogP contribution is 2.12. The van der Waals surface area contributed by atoms with Crippen molar-refractivity contribution in [1.82, 2.24) is 0 Å². The molecule has 0 rings (SSSR count). The molecule has 0 saturated carbocycles. The van der Waals surface area contributed by atoms with Crippen molar-refractivity contribution >= 4 is 17.3 Å². The third kappa shape index (κ3) is 5.89. The van der Waals surface area contributed by atoms with Gasteiger partial charge in [-0.05, 0) is 18.2 Å². The van der Waals surface area contributed by atoms with Crippen LogP contribution in [-0.4, -0.2) is 12.6 Å². The summed E-state index contributed by atoms with van der Waals surface area (Å²) < 4.78 is 0. The van der Waals surface area contributed by atoms with Gasteiger partial charge in [0, 0.05) is 7.05 Å². The predicted octanol–water partition coefficient (Wildman–Crippen LogP) is 3.08. The van der Waals surface area contributed by atoms with Crippen molar-refractivity contribution in [2.75, 3.05) is 7.05 Å². The molecule has 0 atom stereocenters. The SMILES string of the molecule is CCC/C=C(\C)SC=NC. The van der Waals surface area contributed by atoms with Gasteiger partial charge in [-0.15, -0.1) is 0 Å². The van der Waals surface area contributed by atoms with Crippen LogP contribution in [0.4, 0.5) is 0 Å². The molecule has 0 aliphatic rings. The van der Waals surface area contributed by atoms with Crippen LogP contribution in [0.2, 0.25) is 0 Å². The average Bonchev–Trinajstić information content (AvgIpc) is 1.97. The van der Waals surface area contributed by atoms with E-state index in [0.29, 0.717) is 0 Å². The summed E-state index contributed by atoms with van der Waals surface area (Å²) in [5.41, 5.74) is 1.86. The van der Waals surface area contributed by atoms with E-state index in [1.165, 1.54) is 17.7 Å². The Morgan fingerprint density at radius 3 is 2.80 bits per heavy atom. The minimum Gasteiger partial charge on any atom is -0.289 e. The van der Waals surface area contributed by atoms with E-state index in [2.05, 4.69) is 24.9 Å². The molecule has 0 spiro atoms. The first-order valence-corrected chi connectivity index (χ1v) is 4.43. The molecule has 0 heterocycles. The molecule has 1 nitrogen and oxygen atoms in total. The van der Waals surface area contributed by atoms with Gasteiger partial charge in [0.1, 0.15) is 0 Å². The van der Waals surface area contributed by atoms with Crippen LogP contribution < -0.4 is 0 Å². The molecule has 0 aromatic heterocycles. The second kappa shape index (κ2) is 6.87. The van der Waals surface area contributed by atoms with Gasteiger partial charge in [-0.3, -0.25) is 4.99 Å². The molecular weight excluding hydrogens is 142 g/mol. The number of unbranched alkanes of at least 4 members (excludes halogenated alkanes) is 1. The topological polar surface area (TPSA) is 12.4 Å². The third-order valence-electron chi connectivity index (χ3n) is 1.06. The Kier molecular flexibility index (Phi) is 6.71. The Balaban J connectivity index is 3.49. The van der Waals surface area contributed by atoms with Gasteiger partial charge in [-0.2, -0.15) is 0 Å². The molecule has 0 fully saturated rings. The van der Waals surface area contributed by atoms with Crippen LogP contribution in [-0.2, 0) is 0 Å². The van der Waals surface area contributed by atoms with Gasteiger partial charge in [0.25, 0.3) is 0 Å². The van der Waals surface area contributed by atoms with Crippen LogP contribution in [0, 0.1) is 0 Å². The molecule has 0 saturated heterocycles. The number of hydrogen-bond donors (Lipinski definition) is 0. The Hall–Kier alpha value is -0.240. The minimum atomic E-state index is 1.18. The van der Waals surface area contributed by atoms with Crippen molar-refractivity contribution in [3.8, 4) is 0 Å². The monoisotopic (exact) mass is 157 g/mol.